The number of ketones is 1. The van der Waals surface area contributed by atoms with Crippen LogP contribution in [0.15, 0.2) is 64.6 Å². The van der Waals surface area contributed by atoms with Gasteiger partial charge in [-0.1, -0.05) is 23.8 Å². The van der Waals surface area contributed by atoms with E-state index in [2.05, 4.69) is 9.97 Å². The molecule has 1 saturated heterocycles. The summed E-state index contributed by atoms with van der Waals surface area (Å²) in [6.45, 7) is 3.62. The van der Waals surface area contributed by atoms with E-state index >= 15 is 0 Å². The predicted molar refractivity (Wildman–Crippen MR) is 122 cm³/mol. The van der Waals surface area contributed by atoms with Crippen molar-refractivity contribution in [2.45, 2.75) is 19.9 Å². The molecule has 1 aliphatic heterocycles. The van der Waals surface area contributed by atoms with Gasteiger partial charge in [-0.3, -0.25) is 14.5 Å². The number of fused-ring (bicyclic) bond motifs is 1. The molecule has 2 N–H and O–H groups in total. The number of furan rings is 1. The average Bonchev–Trinajstić information content (AvgIpc) is 3.49. The van der Waals surface area contributed by atoms with E-state index in [1.165, 1.54) is 12.0 Å². The Balaban J connectivity index is 1.75. The molecular weight excluding hydrogens is 422 g/mol. The van der Waals surface area contributed by atoms with Crippen LogP contribution in [-0.4, -0.2) is 33.9 Å². The molecule has 166 valence electrons. The van der Waals surface area contributed by atoms with Crippen LogP contribution >= 0.6 is 0 Å². The summed E-state index contributed by atoms with van der Waals surface area (Å²) in [7, 11) is 1.47. The molecule has 5 rings (SSSR count). The van der Waals surface area contributed by atoms with E-state index in [4.69, 9.17) is 9.15 Å². The fraction of sp³-hybridized carbons (Fsp3) is 0.160. The van der Waals surface area contributed by atoms with Crippen LogP contribution in [0, 0.1) is 13.8 Å². The molecule has 0 spiro atoms. The topological polar surface area (TPSA) is 109 Å². The van der Waals surface area contributed by atoms with Gasteiger partial charge in [0.2, 0.25) is 5.95 Å². The highest BCUT2D eigenvalue weighted by atomic mass is 16.5. The van der Waals surface area contributed by atoms with Gasteiger partial charge in [0.1, 0.15) is 29.1 Å². The number of carbonyl (C=O) groups is 2. The number of para-hydroxylation sites is 2. The largest absolute Gasteiger partial charge is 0.507 e. The number of benzene rings is 2. The summed E-state index contributed by atoms with van der Waals surface area (Å²) in [5.41, 5.74) is 2.43. The Morgan fingerprint density at radius 3 is 2.61 bits per heavy atom. The van der Waals surface area contributed by atoms with Gasteiger partial charge in [0, 0.05) is 0 Å². The average molecular weight is 443 g/mol. The normalized spacial score (nSPS) is 17.8. The molecule has 2 aromatic carbocycles. The Labute approximate surface area is 189 Å². The Hall–Kier alpha value is -4.33. The number of aryl methyl sites for hydroxylation is 2. The van der Waals surface area contributed by atoms with Crippen molar-refractivity contribution < 1.29 is 23.8 Å². The number of rotatable bonds is 4. The molecule has 0 aliphatic carbocycles. The molecule has 0 saturated carbocycles. The number of aromatic nitrogens is 2. The van der Waals surface area contributed by atoms with E-state index in [1.54, 1.807) is 37.3 Å². The first-order valence-electron chi connectivity index (χ1n) is 10.4. The fourth-order valence-corrected chi connectivity index (χ4v) is 4.13. The lowest BCUT2D eigenvalue weighted by molar-refractivity contribution is -0.132. The smallest absolute Gasteiger partial charge is 0.302 e. The number of carbonyl (C=O) groups excluding carboxylic acids is 2. The number of ether oxygens (including phenoxy) is 1. The molecule has 4 aromatic rings. The lowest BCUT2D eigenvalue weighted by Gasteiger charge is -2.21. The maximum Gasteiger partial charge on any atom is 0.302 e. The van der Waals surface area contributed by atoms with Crippen molar-refractivity contribution in [3.63, 3.8) is 0 Å². The number of Topliss-reactive ketones (excluding diaryl/α,β-unsaturated/α-hetero) is 1. The third-order valence-corrected chi connectivity index (χ3v) is 5.69. The second-order valence-corrected chi connectivity index (χ2v) is 7.90. The Kier molecular flexibility index (Phi) is 4.78. The monoisotopic (exact) mass is 443 g/mol. The number of aliphatic hydroxyl groups excluding tert-OH is 1. The van der Waals surface area contributed by atoms with Gasteiger partial charge in [-0.15, -0.1) is 0 Å². The molecule has 1 aliphatic rings. The standard InChI is InChI=1S/C25H21N3O5/c1-13-8-10-18(32-3)15(12-13)22(29)20-21(19-11-9-14(2)33-19)28(24(31)23(20)30)25-26-16-6-4-5-7-17(16)27-25/h4-12,21,29H,1-3H3,(H,26,27)/b22-20+. The minimum atomic E-state index is -1.01. The van der Waals surface area contributed by atoms with E-state index in [0.717, 1.165) is 5.56 Å². The first-order valence-corrected chi connectivity index (χ1v) is 10.4. The van der Waals surface area contributed by atoms with E-state index in [9.17, 15) is 14.7 Å². The molecule has 1 unspecified atom stereocenters. The number of nitrogens with zero attached hydrogens (tertiary/aromatic N) is 2. The molecule has 1 fully saturated rings. The summed E-state index contributed by atoms with van der Waals surface area (Å²) >= 11 is 0. The highest BCUT2D eigenvalue weighted by Gasteiger charge is 2.49. The number of aliphatic hydroxyl groups is 1. The number of imidazole rings is 1. The number of hydrogen-bond acceptors (Lipinski definition) is 6. The first-order chi connectivity index (χ1) is 15.9. The van der Waals surface area contributed by atoms with E-state index in [1.807, 2.05) is 31.2 Å². The molecule has 8 heteroatoms. The number of nitrogens with one attached hydrogen (secondary N) is 1. The van der Waals surface area contributed by atoms with Crippen LogP contribution in [-0.2, 0) is 9.59 Å². The predicted octanol–water partition coefficient (Wildman–Crippen LogP) is 4.41. The molecule has 3 heterocycles. The minimum Gasteiger partial charge on any atom is -0.507 e. The number of H-pyrrole nitrogens is 1. The van der Waals surface area contributed by atoms with Gasteiger partial charge in [0.25, 0.3) is 5.78 Å². The van der Waals surface area contributed by atoms with Gasteiger partial charge >= 0.3 is 5.91 Å². The van der Waals surface area contributed by atoms with E-state index in [0.29, 0.717) is 33.9 Å². The van der Waals surface area contributed by atoms with Crippen LogP contribution in [0.25, 0.3) is 16.8 Å². The molecule has 0 bridgehead atoms. The number of methoxy groups -OCH3 is 1. The molecular formula is C25H21N3O5. The second-order valence-electron chi connectivity index (χ2n) is 7.90. The zero-order valence-corrected chi connectivity index (χ0v) is 18.2. The molecule has 1 atom stereocenters. The number of amides is 1. The highest BCUT2D eigenvalue weighted by molar-refractivity contribution is 6.51. The van der Waals surface area contributed by atoms with Gasteiger partial charge in [0.05, 0.1) is 29.3 Å². The maximum absolute atomic E-state index is 13.3. The lowest BCUT2D eigenvalue weighted by Crippen LogP contribution is -2.30. The molecule has 1 amide bonds. The number of anilines is 1. The second kappa shape index (κ2) is 7.67. The van der Waals surface area contributed by atoms with Crippen molar-refractivity contribution in [2.75, 3.05) is 12.0 Å². The number of hydrogen-bond donors (Lipinski definition) is 2. The summed E-state index contributed by atoms with van der Waals surface area (Å²) < 4.78 is 11.2. The quantitative estimate of drug-likeness (QED) is 0.275. The van der Waals surface area contributed by atoms with Crippen molar-refractivity contribution in [2.24, 2.45) is 0 Å². The lowest BCUT2D eigenvalue weighted by atomic mass is 9.98. The zero-order valence-electron chi connectivity index (χ0n) is 18.2. The summed E-state index contributed by atoms with van der Waals surface area (Å²) in [5, 5.41) is 11.3. The van der Waals surface area contributed by atoms with Crippen molar-refractivity contribution in [3.05, 3.63) is 82.8 Å². The number of aromatic amines is 1. The molecule has 8 nitrogen and oxygen atoms in total. The highest BCUT2D eigenvalue weighted by Crippen LogP contribution is 2.43. The van der Waals surface area contributed by atoms with Gasteiger partial charge in [0.15, 0.2) is 0 Å². The van der Waals surface area contributed by atoms with Crippen LogP contribution in [0.3, 0.4) is 0 Å². The van der Waals surface area contributed by atoms with E-state index in [-0.39, 0.29) is 17.3 Å². The third-order valence-electron chi connectivity index (χ3n) is 5.69. The first kappa shape index (κ1) is 20.6. The third kappa shape index (κ3) is 3.27. The van der Waals surface area contributed by atoms with Crippen LogP contribution in [0.4, 0.5) is 5.95 Å². The Bertz CT molecular complexity index is 1410. The summed E-state index contributed by atoms with van der Waals surface area (Å²) in [6, 6.07) is 14.9. The zero-order chi connectivity index (χ0) is 23.3. The van der Waals surface area contributed by atoms with Gasteiger partial charge in [-0.2, -0.15) is 0 Å². The molecule has 0 radical (unpaired) electrons. The summed E-state index contributed by atoms with van der Waals surface area (Å²) in [5.74, 6) is -0.493. The van der Waals surface area contributed by atoms with Crippen molar-refractivity contribution >= 4 is 34.4 Å². The van der Waals surface area contributed by atoms with Crippen LogP contribution in [0.1, 0.15) is 28.7 Å². The van der Waals surface area contributed by atoms with E-state index < -0.39 is 17.7 Å². The van der Waals surface area contributed by atoms with Crippen molar-refractivity contribution in [3.8, 4) is 5.75 Å². The Morgan fingerprint density at radius 1 is 1.12 bits per heavy atom. The van der Waals surface area contributed by atoms with Gasteiger partial charge in [-0.05, 0) is 50.2 Å². The molecule has 2 aromatic heterocycles. The summed E-state index contributed by atoms with van der Waals surface area (Å²) in [6.07, 6.45) is 0. The fourth-order valence-electron chi connectivity index (χ4n) is 4.13. The minimum absolute atomic E-state index is 0.0984. The molecule has 33 heavy (non-hydrogen) atoms. The maximum atomic E-state index is 13.3. The van der Waals surface area contributed by atoms with Crippen LogP contribution < -0.4 is 9.64 Å². The SMILES string of the molecule is COc1ccc(C)cc1/C(O)=C1\C(=O)C(=O)N(c2nc3ccccc3[nH]2)C1c1ccc(C)o1. The Morgan fingerprint density at radius 2 is 1.91 bits per heavy atom. The van der Waals surface area contributed by atoms with Crippen molar-refractivity contribution in [1.29, 1.82) is 0 Å². The van der Waals surface area contributed by atoms with Gasteiger partial charge in [-0.25, -0.2) is 4.98 Å². The summed E-state index contributed by atoms with van der Waals surface area (Å²) in [4.78, 5) is 35.3. The van der Waals surface area contributed by atoms with Crippen LogP contribution in [0.2, 0.25) is 0 Å². The van der Waals surface area contributed by atoms with Crippen molar-refractivity contribution in [1.82, 2.24) is 9.97 Å². The van der Waals surface area contributed by atoms with Gasteiger partial charge < -0.3 is 19.2 Å². The van der Waals surface area contributed by atoms with Crippen LogP contribution in [0.5, 0.6) is 5.75 Å².